The van der Waals surface area contributed by atoms with E-state index in [4.69, 9.17) is 4.74 Å². The Morgan fingerprint density at radius 1 is 0.840 bits per heavy atom. The summed E-state index contributed by atoms with van der Waals surface area (Å²) in [6, 6.07) is 0. The SMILES string of the molecule is CCCCCCCCCCC[C@H](O)C[C@@H]1OC(=O)[C@@H]1CCCCCC. The van der Waals surface area contributed by atoms with Crippen LogP contribution in [0.15, 0.2) is 0 Å². The lowest BCUT2D eigenvalue weighted by molar-refractivity contribution is -0.188. The lowest BCUT2D eigenvalue weighted by Crippen LogP contribution is -2.46. The van der Waals surface area contributed by atoms with Crippen LogP contribution in [-0.4, -0.2) is 23.3 Å². The molecule has 0 saturated carbocycles. The van der Waals surface area contributed by atoms with Crippen molar-refractivity contribution in [3.05, 3.63) is 0 Å². The minimum absolute atomic E-state index is 0.0253. The maximum absolute atomic E-state index is 11.6. The molecule has 1 fully saturated rings. The number of aliphatic hydroxyl groups excluding tert-OH is 1. The molecule has 3 atom stereocenters. The van der Waals surface area contributed by atoms with Crippen molar-refractivity contribution in [3.63, 3.8) is 0 Å². The number of hydrogen-bond acceptors (Lipinski definition) is 3. The molecule has 0 aliphatic carbocycles. The highest BCUT2D eigenvalue weighted by atomic mass is 16.6. The summed E-state index contributed by atoms with van der Waals surface area (Å²) in [7, 11) is 0. The highest BCUT2D eigenvalue weighted by Gasteiger charge is 2.42. The molecule has 1 aliphatic rings. The molecular formula is C22H42O3. The number of carbonyl (C=O) groups is 1. The van der Waals surface area contributed by atoms with Gasteiger partial charge in [-0.25, -0.2) is 0 Å². The first-order valence-electron chi connectivity index (χ1n) is 11.1. The molecule has 3 nitrogen and oxygen atoms in total. The van der Waals surface area contributed by atoms with Gasteiger partial charge in [-0.05, 0) is 12.8 Å². The Bertz CT molecular complexity index is 329. The average molecular weight is 355 g/mol. The maximum atomic E-state index is 11.6. The van der Waals surface area contributed by atoms with E-state index in [1.165, 1.54) is 70.6 Å². The van der Waals surface area contributed by atoms with E-state index < -0.39 is 0 Å². The number of unbranched alkanes of at least 4 members (excludes halogenated alkanes) is 11. The first-order valence-corrected chi connectivity index (χ1v) is 11.1. The third-order valence-corrected chi connectivity index (χ3v) is 5.53. The molecule has 25 heavy (non-hydrogen) atoms. The van der Waals surface area contributed by atoms with E-state index in [1.54, 1.807) is 0 Å². The maximum Gasteiger partial charge on any atom is 0.313 e. The van der Waals surface area contributed by atoms with Crippen LogP contribution in [-0.2, 0) is 9.53 Å². The third-order valence-electron chi connectivity index (χ3n) is 5.53. The van der Waals surface area contributed by atoms with Gasteiger partial charge < -0.3 is 9.84 Å². The summed E-state index contributed by atoms with van der Waals surface area (Å²) in [5.41, 5.74) is 0. The van der Waals surface area contributed by atoms with E-state index in [9.17, 15) is 9.90 Å². The minimum Gasteiger partial charge on any atom is -0.461 e. The normalized spacial score (nSPS) is 21.0. The monoisotopic (exact) mass is 354 g/mol. The summed E-state index contributed by atoms with van der Waals surface area (Å²) in [4.78, 5) is 11.6. The van der Waals surface area contributed by atoms with E-state index in [2.05, 4.69) is 13.8 Å². The van der Waals surface area contributed by atoms with Gasteiger partial charge in [0, 0.05) is 6.42 Å². The summed E-state index contributed by atoms with van der Waals surface area (Å²) in [5, 5.41) is 10.2. The van der Waals surface area contributed by atoms with Crippen LogP contribution in [0.1, 0.15) is 117 Å². The van der Waals surface area contributed by atoms with Crippen molar-refractivity contribution in [2.45, 2.75) is 129 Å². The van der Waals surface area contributed by atoms with Crippen LogP contribution in [0.2, 0.25) is 0 Å². The van der Waals surface area contributed by atoms with Gasteiger partial charge in [-0.2, -0.15) is 0 Å². The summed E-state index contributed by atoms with van der Waals surface area (Å²) in [5.74, 6) is 0.00592. The van der Waals surface area contributed by atoms with Crippen molar-refractivity contribution >= 4 is 5.97 Å². The second kappa shape index (κ2) is 14.6. The largest absolute Gasteiger partial charge is 0.461 e. The fourth-order valence-corrected chi connectivity index (χ4v) is 3.78. The molecule has 0 aromatic heterocycles. The summed E-state index contributed by atoms with van der Waals surface area (Å²) in [6.07, 6.45) is 18.6. The average Bonchev–Trinajstić information content (AvgIpc) is 2.59. The molecule has 0 aromatic rings. The smallest absolute Gasteiger partial charge is 0.313 e. The van der Waals surface area contributed by atoms with Crippen molar-refractivity contribution in [1.29, 1.82) is 0 Å². The lowest BCUT2D eigenvalue weighted by Gasteiger charge is -2.36. The van der Waals surface area contributed by atoms with Crippen molar-refractivity contribution in [1.82, 2.24) is 0 Å². The highest BCUT2D eigenvalue weighted by Crippen LogP contribution is 2.31. The van der Waals surface area contributed by atoms with E-state index in [0.29, 0.717) is 6.42 Å². The molecule has 0 spiro atoms. The number of rotatable bonds is 17. The van der Waals surface area contributed by atoms with Crippen LogP contribution in [0.3, 0.4) is 0 Å². The third kappa shape index (κ3) is 10.2. The van der Waals surface area contributed by atoms with E-state index in [-0.39, 0.29) is 24.1 Å². The minimum atomic E-state index is -0.305. The Labute approximate surface area is 155 Å². The standard InChI is InChI=1S/C22H42O3/c1-3-5-7-9-10-11-12-13-14-16-19(23)18-21-20(22(24)25-21)17-15-8-6-4-2/h19-21,23H,3-18H2,1-2H3/t19-,20+,21-/m0/s1. The van der Waals surface area contributed by atoms with Crippen LogP contribution in [0.4, 0.5) is 0 Å². The molecule has 1 rings (SSSR count). The summed E-state index contributed by atoms with van der Waals surface area (Å²) in [6.45, 7) is 4.45. The predicted octanol–water partition coefficient (Wildman–Crippen LogP) is 6.17. The molecule has 0 amide bonds. The van der Waals surface area contributed by atoms with E-state index >= 15 is 0 Å². The van der Waals surface area contributed by atoms with Crippen LogP contribution in [0.25, 0.3) is 0 Å². The second-order valence-electron chi connectivity index (χ2n) is 7.94. The number of ether oxygens (including phenoxy) is 1. The molecule has 0 radical (unpaired) electrons. The molecule has 3 heteroatoms. The van der Waals surface area contributed by atoms with Gasteiger partial charge in [0.2, 0.25) is 0 Å². The van der Waals surface area contributed by atoms with Crippen molar-refractivity contribution in [2.24, 2.45) is 5.92 Å². The molecule has 148 valence electrons. The van der Waals surface area contributed by atoms with Gasteiger partial charge in [-0.1, -0.05) is 97.3 Å². The zero-order chi connectivity index (χ0) is 18.3. The van der Waals surface area contributed by atoms with Gasteiger partial charge in [0.25, 0.3) is 0 Å². The Kier molecular flexibility index (Phi) is 13.1. The van der Waals surface area contributed by atoms with Crippen molar-refractivity contribution in [2.75, 3.05) is 0 Å². The van der Waals surface area contributed by atoms with Crippen molar-refractivity contribution < 1.29 is 14.6 Å². The second-order valence-corrected chi connectivity index (χ2v) is 7.94. The number of carbonyl (C=O) groups excluding carboxylic acids is 1. The van der Waals surface area contributed by atoms with Gasteiger partial charge in [0.15, 0.2) is 0 Å². The molecular weight excluding hydrogens is 312 g/mol. The molecule has 0 bridgehead atoms. The molecule has 0 unspecified atom stereocenters. The molecule has 1 saturated heterocycles. The van der Waals surface area contributed by atoms with Gasteiger partial charge >= 0.3 is 5.97 Å². The fourth-order valence-electron chi connectivity index (χ4n) is 3.78. The Hall–Kier alpha value is -0.570. The Morgan fingerprint density at radius 2 is 1.36 bits per heavy atom. The van der Waals surface area contributed by atoms with Gasteiger partial charge in [0.05, 0.1) is 12.0 Å². The van der Waals surface area contributed by atoms with Gasteiger partial charge in [0.1, 0.15) is 6.10 Å². The van der Waals surface area contributed by atoms with E-state index in [1.807, 2.05) is 0 Å². The van der Waals surface area contributed by atoms with Crippen LogP contribution in [0.5, 0.6) is 0 Å². The fraction of sp³-hybridized carbons (Fsp3) is 0.955. The first-order chi connectivity index (χ1) is 12.2. The van der Waals surface area contributed by atoms with E-state index in [0.717, 1.165) is 25.7 Å². The Morgan fingerprint density at radius 3 is 1.92 bits per heavy atom. The van der Waals surface area contributed by atoms with Gasteiger partial charge in [-0.15, -0.1) is 0 Å². The predicted molar refractivity (Wildman–Crippen MR) is 105 cm³/mol. The number of esters is 1. The lowest BCUT2D eigenvalue weighted by atomic mass is 9.86. The zero-order valence-corrected chi connectivity index (χ0v) is 16.8. The quantitative estimate of drug-likeness (QED) is 0.251. The number of cyclic esters (lactones) is 1. The van der Waals surface area contributed by atoms with Gasteiger partial charge in [-0.3, -0.25) is 4.79 Å². The number of aliphatic hydroxyl groups is 1. The van der Waals surface area contributed by atoms with Crippen LogP contribution >= 0.6 is 0 Å². The topological polar surface area (TPSA) is 46.5 Å². The molecule has 1 heterocycles. The number of hydrogen-bond donors (Lipinski definition) is 1. The van der Waals surface area contributed by atoms with Crippen LogP contribution < -0.4 is 0 Å². The molecule has 1 aliphatic heterocycles. The zero-order valence-electron chi connectivity index (χ0n) is 16.8. The summed E-state index contributed by atoms with van der Waals surface area (Å²) < 4.78 is 5.27. The molecule has 1 N–H and O–H groups in total. The Balaban J connectivity index is 1.98. The molecule has 0 aromatic carbocycles. The van der Waals surface area contributed by atoms with Crippen LogP contribution in [0, 0.1) is 5.92 Å². The first kappa shape index (κ1) is 22.5. The summed E-state index contributed by atoms with van der Waals surface area (Å²) >= 11 is 0. The van der Waals surface area contributed by atoms with Crippen molar-refractivity contribution in [3.8, 4) is 0 Å². The highest BCUT2D eigenvalue weighted by molar-refractivity contribution is 5.78.